The van der Waals surface area contributed by atoms with Gasteiger partial charge in [-0.25, -0.2) is 0 Å². The SMILES string of the molecule is [N-]=[N+]=NCCC(O)C(O)c1cccc(CO)n1. The molecule has 7 nitrogen and oxygen atoms in total. The van der Waals surface area contributed by atoms with Crippen LogP contribution in [0.4, 0.5) is 0 Å². The molecule has 0 aliphatic carbocycles. The summed E-state index contributed by atoms with van der Waals surface area (Å²) in [7, 11) is 0. The average molecular weight is 238 g/mol. The van der Waals surface area contributed by atoms with E-state index in [1.165, 1.54) is 0 Å². The summed E-state index contributed by atoms with van der Waals surface area (Å²) >= 11 is 0. The second kappa shape index (κ2) is 6.82. The lowest BCUT2D eigenvalue weighted by Crippen LogP contribution is -2.20. The van der Waals surface area contributed by atoms with Crippen LogP contribution < -0.4 is 0 Å². The lowest BCUT2D eigenvalue weighted by molar-refractivity contribution is 0.0123. The lowest BCUT2D eigenvalue weighted by Gasteiger charge is -2.16. The maximum Gasteiger partial charge on any atom is 0.122 e. The van der Waals surface area contributed by atoms with Crippen molar-refractivity contribution in [2.75, 3.05) is 6.54 Å². The Labute approximate surface area is 98.0 Å². The molecule has 0 fully saturated rings. The molecule has 0 spiro atoms. The van der Waals surface area contributed by atoms with Crippen LogP contribution in [0.3, 0.4) is 0 Å². The molecule has 1 aromatic heterocycles. The number of aliphatic hydroxyl groups excluding tert-OH is 3. The van der Waals surface area contributed by atoms with Crippen LogP contribution in [0.1, 0.15) is 23.9 Å². The van der Waals surface area contributed by atoms with E-state index in [0.29, 0.717) is 5.69 Å². The third kappa shape index (κ3) is 4.01. The number of hydrogen-bond acceptors (Lipinski definition) is 5. The van der Waals surface area contributed by atoms with Gasteiger partial charge < -0.3 is 15.3 Å². The van der Waals surface area contributed by atoms with Gasteiger partial charge in [0, 0.05) is 11.5 Å². The van der Waals surface area contributed by atoms with Crippen molar-refractivity contribution in [3.05, 3.63) is 40.0 Å². The smallest absolute Gasteiger partial charge is 0.122 e. The number of azide groups is 1. The fraction of sp³-hybridized carbons (Fsp3) is 0.500. The van der Waals surface area contributed by atoms with Gasteiger partial charge in [-0.05, 0) is 24.1 Å². The summed E-state index contributed by atoms with van der Waals surface area (Å²) in [6.45, 7) is -0.121. The Balaban J connectivity index is 2.66. The van der Waals surface area contributed by atoms with Gasteiger partial charge in [-0.15, -0.1) is 0 Å². The third-order valence-electron chi connectivity index (χ3n) is 2.25. The van der Waals surface area contributed by atoms with Gasteiger partial charge in [0.05, 0.1) is 24.1 Å². The number of rotatable bonds is 6. The normalized spacial score (nSPS) is 13.8. The molecule has 0 amide bonds. The van der Waals surface area contributed by atoms with Gasteiger partial charge in [-0.2, -0.15) is 0 Å². The number of hydrogen-bond donors (Lipinski definition) is 3. The van der Waals surface area contributed by atoms with Crippen molar-refractivity contribution >= 4 is 0 Å². The summed E-state index contributed by atoms with van der Waals surface area (Å²) in [5, 5.41) is 31.6. The highest BCUT2D eigenvalue weighted by molar-refractivity contribution is 5.13. The van der Waals surface area contributed by atoms with E-state index in [-0.39, 0.29) is 25.3 Å². The molecule has 0 aromatic carbocycles. The maximum atomic E-state index is 9.78. The Bertz CT molecular complexity index is 406. The van der Waals surface area contributed by atoms with E-state index in [1.54, 1.807) is 18.2 Å². The zero-order chi connectivity index (χ0) is 12.7. The van der Waals surface area contributed by atoms with Crippen molar-refractivity contribution < 1.29 is 15.3 Å². The van der Waals surface area contributed by atoms with E-state index in [4.69, 9.17) is 10.6 Å². The Morgan fingerprint density at radius 1 is 1.41 bits per heavy atom. The molecule has 7 heteroatoms. The molecular weight excluding hydrogens is 224 g/mol. The molecule has 0 aliphatic heterocycles. The number of aromatic nitrogens is 1. The molecule has 2 unspecified atom stereocenters. The Morgan fingerprint density at radius 3 is 2.82 bits per heavy atom. The first-order valence-electron chi connectivity index (χ1n) is 5.12. The summed E-state index contributed by atoms with van der Waals surface area (Å²) < 4.78 is 0. The van der Waals surface area contributed by atoms with E-state index in [0.717, 1.165) is 0 Å². The van der Waals surface area contributed by atoms with Gasteiger partial charge in [-0.3, -0.25) is 4.98 Å². The summed E-state index contributed by atoms with van der Waals surface area (Å²) in [5.41, 5.74) is 8.78. The third-order valence-corrected chi connectivity index (χ3v) is 2.25. The van der Waals surface area contributed by atoms with Gasteiger partial charge in [0.25, 0.3) is 0 Å². The predicted molar refractivity (Wildman–Crippen MR) is 59.8 cm³/mol. The average Bonchev–Trinajstić information content (AvgIpc) is 2.38. The van der Waals surface area contributed by atoms with Gasteiger partial charge >= 0.3 is 0 Å². The van der Waals surface area contributed by atoms with E-state index in [2.05, 4.69) is 15.0 Å². The second-order valence-corrected chi connectivity index (χ2v) is 3.47. The van der Waals surface area contributed by atoms with Crippen LogP contribution >= 0.6 is 0 Å². The monoisotopic (exact) mass is 238 g/mol. The van der Waals surface area contributed by atoms with Crippen LogP contribution in [0.2, 0.25) is 0 Å². The van der Waals surface area contributed by atoms with Crippen LogP contribution in [0, 0.1) is 0 Å². The molecule has 2 atom stereocenters. The summed E-state index contributed by atoms with van der Waals surface area (Å²) in [6.07, 6.45) is -2.06. The molecule has 92 valence electrons. The molecule has 0 saturated heterocycles. The molecule has 1 rings (SSSR count). The number of aliphatic hydroxyl groups is 3. The van der Waals surface area contributed by atoms with Crippen molar-refractivity contribution in [2.45, 2.75) is 25.2 Å². The zero-order valence-electron chi connectivity index (χ0n) is 9.14. The Morgan fingerprint density at radius 2 is 2.18 bits per heavy atom. The zero-order valence-corrected chi connectivity index (χ0v) is 9.14. The van der Waals surface area contributed by atoms with Gasteiger partial charge in [0.1, 0.15) is 6.10 Å². The quantitative estimate of drug-likeness (QED) is 0.383. The highest BCUT2D eigenvalue weighted by atomic mass is 16.3. The first-order chi connectivity index (χ1) is 8.19. The van der Waals surface area contributed by atoms with Crippen molar-refractivity contribution in [3.63, 3.8) is 0 Å². The second-order valence-electron chi connectivity index (χ2n) is 3.47. The van der Waals surface area contributed by atoms with Gasteiger partial charge in [-0.1, -0.05) is 11.2 Å². The standard InChI is InChI=1S/C10H14N4O3/c11-14-12-5-4-9(16)10(17)8-3-1-2-7(6-15)13-8/h1-3,9-10,15-17H,4-6H2. The highest BCUT2D eigenvalue weighted by Crippen LogP contribution is 2.17. The summed E-state index contributed by atoms with van der Waals surface area (Å²) in [5.74, 6) is 0. The lowest BCUT2D eigenvalue weighted by atomic mass is 10.1. The van der Waals surface area contributed by atoms with Crippen LogP contribution in [-0.2, 0) is 6.61 Å². The van der Waals surface area contributed by atoms with Crippen LogP contribution in [0.25, 0.3) is 10.4 Å². The van der Waals surface area contributed by atoms with Crippen LogP contribution in [-0.4, -0.2) is 33.0 Å². The number of pyridine rings is 1. The molecule has 17 heavy (non-hydrogen) atoms. The minimum atomic E-state index is -1.16. The topological polar surface area (TPSA) is 122 Å². The first kappa shape index (κ1) is 13.4. The van der Waals surface area contributed by atoms with Crippen molar-refractivity contribution in [3.8, 4) is 0 Å². The van der Waals surface area contributed by atoms with Gasteiger partial charge in [0.2, 0.25) is 0 Å². The van der Waals surface area contributed by atoms with E-state index < -0.39 is 12.2 Å². The van der Waals surface area contributed by atoms with E-state index >= 15 is 0 Å². The van der Waals surface area contributed by atoms with Crippen molar-refractivity contribution in [1.82, 2.24) is 4.98 Å². The fourth-order valence-corrected chi connectivity index (χ4v) is 1.34. The predicted octanol–water partition coefficient (Wildman–Crippen LogP) is 0.669. The molecule has 0 aliphatic rings. The van der Waals surface area contributed by atoms with Crippen LogP contribution in [0.5, 0.6) is 0 Å². The highest BCUT2D eigenvalue weighted by Gasteiger charge is 2.19. The molecule has 0 radical (unpaired) electrons. The number of nitrogens with zero attached hydrogens (tertiary/aromatic N) is 4. The molecule has 3 N–H and O–H groups in total. The summed E-state index contributed by atoms with van der Waals surface area (Å²) in [4.78, 5) is 6.53. The maximum absolute atomic E-state index is 9.78. The fourth-order valence-electron chi connectivity index (χ4n) is 1.34. The van der Waals surface area contributed by atoms with E-state index in [9.17, 15) is 10.2 Å². The van der Waals surface area contributed by atoms with E-state index in [1.807, 2.05) is 0 Å². The molecular formula is C10H14N4O3. The van der Waals surface area contributed by atoms with Crippen molar-refractivity contribution in [2.24, 2.45) is 5.11 Å². The van der Waals surface area contributed by atoms with Crippen LogP contribution in [0.15, 0.2) is 23.3 Å². The molecule has 0 bridgehead atoms. The largest absolute Gasteiger partial charge is 0.390 e. The Hall–Kier alpha value is -1.66. The Kier molecular flexibility index (Phi) is 5.38. The summed E-state index contributed by atoms with van der Waals surface area (Å²) in [6, 6.07) is 4.81. The molecule has 1 aromatic rings. The molecule has 0 saturated carbocycles. The van der Waals surface area contributed by atoms with Crippen molar-refractivity contribution in [1.29, 1.82) is 0 Å². The van der Waals surface area contributed by atoms with Gasteiger partial charge in [0.15, 0.2) is 0 Å². The first-order valence-corrected chi connectivity index (χ1v) is 5.12. The minimum Gasteiger partial charge on any atom is -0.390 e. The molecule has 1 heterocycles. The minimum absolute atomic E-state index is 0.106.